The van der Waals surface area contributed by atoms with Crippen LogP contribution in [-0.2, 0) is 7.05 Å². The minimum atomic E-state index is 0.0551. The molecular weight excluding hydrogens is 386 g/mol. The summed E-state index contributed by atoms with van der Waals surface area (Å²) in [6.07, 6.45) is 1.53. The summed E-state index contributed by atoms with van der Waals surface area (Å²) >= 11 is 3.39. The number of anilines is 1. The van der Waals surface area contributed by atoms with E-state index >= 15 is 0 Å². The number of amides is 1. The number of carbonyl (C=O) groups excluding carboxylic acids is 1. The Morgan fingerprint density at radius 1 is 1.08 bits per heavy atom. The lowest BCUT2D eigenvalue weighted by Gasteiger charge is -2.35. The standard InChI is InChI=1S/C16H16BrN7O/c1-22-14-13(20-21-22)15(19-10-18-14)23-6-8-24(9-7-23)16(25)11-2-4-12(17)5-3-11/h2-5,10H,6-9H2,1H3. The predicted octanol–water partition coefficient (Wildman–Crippen LogP) is 1.48. The van der Waals surface area contributed by atoms with Crippen LogP contribution in [0.5, 0.6) is 0 Å². The van der Waals surface area contributed by atoms with E-state index in [1.807, 2.05) is 29.2 Å². The van der Waals surface area contributed by atoms with E-state index in [-0.39, 0.29) is 5.91 Å². The molecule has 0 unspecified atom stereocenters. The van der Waals surface area contributed by atoms with E-state index in [1.165, 1.54) is 6.33 Å². The van der Waals surface area contributed by atoms with Gasteiger partial charge < -0.3 is 9.80 Å². The summed E-state index contributed by atoms with van der Waals surface area (Å²) in [5.74, 6) is 0.827. The SMILES string of the molecule is Cn1nnc2c(N3CCN(C(=O)c4ccc(Br)cc4)CC3)ncnc21. The molecule has 1 saturated heterocycles. The maximum Gasteiger partial charge on any atom is 0.253 e. The van der Waals surface area contributed by atoms with Crippen LogP contribution in [-0.4, -0.2) is 61.9 Å². The minimum Gasteiger partial charge on any atom is -0.351 e. The number of aromatic nitrogens is 5. The van der Waals surface area contributed by atoms with Crippen LogP contribution >= 0.6 is 15.9 Å². The molecule has 0 bridgehead atoms. The van der Waals surface area contributed by atoms with Crippen molar-refractivity contribution in [2.45, 2.75) is 0 Å². The fourth-order valence-electron chi connectivity index (χ4n) is 2.97. The summed E-state index contributed by atoms with van der Waals surface area (Å²) in [6.45, 7) is 2.68. The molecular formula is C16H16BrN7O. The van der Waals surface area contributed by atoms with Crippen LogP contribution in [0.25, 0.3) is 11.2 Å². The van der Waals surface area contributed by atoms with Crippen molar-refractivity contribution in [1.82, 2.24) is 29.9 Å². The molecule has 0 radical (unpaired) electrons. The zero-order valence-corrected chi connectivity index (χ0v) is 15.2. The fourth-order valence-corrected chi connectivity index (χ4v) is 3.23. The molecule has 9 heteroatoms. The smallest absolute Gasteiger partial charge is 0.253 e. The highest BCUT2D eigenvalue weighted by Gasteiger charge is 2.25. The average Bonchev–Trinajstić information content (AvgIpc) is 3.03. The summed E-state index contributed by atoms with van der Waals surface area (Å²) in [6, 6.07) is 7.45. The first-order chi connectivity index (χ1) is 12.1. The number of carbonyl (C=O) groups is 1. The van der Waals surface area contributed by atoms with Gasteiger partial charge in [-0.1, -0.05) is 21.1 Å². The van der Waals surface area contributed by atoms with Crippen LogP contribution in [0.4, 0.5) is 5.82 Å². The Kier molecular flexibility index (Phi) is 4.08. The monoisotopic (exact) mass is 401 g/mol. The maximum absolute atomic E-state index is 12.6. The zero-order valence-electron chi connectivity index (χ0n) is 13.6. The predicted molar refractivity (Wildman–Crippen MR) is 96.4 cm³/mol. The molecule has 1 fully saturated rings. The van der Waals surface area contributed by atoms with Gasteiger partial charge in [-0.2, -0.15) is 0 Å². The fraction of sp³-hybridized carbons (Fsp3) is 0.312. The van der Waals surface area contributed by atoms with Gasteiger partial charge in [0.05, 0.1) is 0 Å². The van der Waals surface area contributed by atoms with E-state index in [9.17, 15) is 4.79 Å². The summed E-state index contributed by atoms with van der Waals surface area (Å²) in [5.41, 5.74) is 2.10. The number of piperazine rings is 1. The van der Waals surface area contributed by atoms with Gasteiger partial charge in [-0.25, -0.2) is 14.6 Å². The first-order valence-electron chi connectivity index (χ1n) is 7.93. The van der Waals surface area contributed by atoms with Gasteiger partial charge in [0.15, 0.2) is 17.0 Å². The van der Waals surface area contributed by atoms with Crippen LogP contribution in [0.3, 0.4) is 0 Å². The van der Waals surface area contributed by atoms with E-state index < -0.39 is 0 Å². The molecule has 0 aliphatic carbocycles. The molecule has 0 spiro atoms. The molecule has 0 N–H and O–H groups in total. The molecule has 128 valence electrons. The number of fused-ring (bicyclic) bond motifs is 1. The van der Waals surface area contributed by atoms with Gasteiger partial charge in [0.1, 0.15) is 6.33 Å². The van der Waals surface area contributed by atoms with Crippen molar-refractivity contribution in [3.8, 4) is 0 Å². The van der Waals surface area contributed by atoms with Gasteiger partial charge in [-0.05, 0) is 24.3 Å². The summed E-state index contributed by atoms with van der Waals surface area (Å²) in [7, 11) is 1.81. The third kappa shape index (κ3) is 2.95. The molecule has 8 nitrogen and oxygen atoms in total. The molecule has 4 rings (SSSR count). The summed E-state index contributed by atoms with van der Waals surface area (Å²) in [4.78, 5) is 25.2. The highest BCUT2D eigenvalue weighted by atomic mass is 79.9. The quantitative estimate of drug-likeness (QED) is 0.646. The number of halogens is 1. The second-order valence-corrected chi connectivity index (χ2v) is 6.78. The van der Waals surface area contributed by atoms with Crippen LogP contribution in [0.1, 0.15) is 10.4 Å². The molecule has 3 aromatic rings. The van der Waals surface area contributed by atoms with Crippen LogP contribution < -0.4 is 4.90 Å². The molecule has 1 amide bonds. The Morgan fingerprint density at radius 3 is 2.52 bits per heavy atom. The molecule has 2 aromatic heterocycles. The van der Waals surface area contributed by atoms with Crippen molar-refractivity contribution < 1.29 is 4.79 Å². The van der Waals surface area contributed by atoms with Crippen molar-refractivity contribution in [3.63, 3.8) is 0 Å². The molecule has 1 aromatic carbocycles. The molecule has 1 aliphatic rings. The average molecular weight is 402 g/mol. The number of hydrogen-bond donors (Lipinski definition) is 0. The Hall–Kier alpha value is -2.55. The zero-order chi connectivity index (χ0) is 17.4. The van der Waals surface area contributed by atoms with Gasteiger partial charge in [0, 0.05) is 43.3 Å². The Labute approximate surface area is 152 Å². The first-order valence-corrected chi connectivity index (χ1v) is 8.73. The highest BCUT2D eigenvalue weighted by molar-refractivity contribution is 9.10. The van der Waals surface area contributed by atoms with E-state index in [4.69, 9.17) is 0 Å². The van der Waals surface area contributed by atoms with Crippen molar-refractivity contribution in [1.29, 1.82) is 0 Å². The molecule has 0 saturated carbocycles. The van der Waals surface area contributed by atoms with Crippen molar-refractivity contribution in [3.05, 3.63) is 40.6 Å². The largest absolute Gasteiger partial charge is 0.351 e. The van der Waals surface area contributed by atoms with Crippen LogP contribution in [0.15, 0.2) is 35.1 Å². The number of rotatable bonds is 2. The van der Waals surface area contributed by atoms with E-state index in [1.54, 1.807) is 11.7 Å². The normalized spacial score (nSPS) is 15.0. The third-order valence-corrected chi connectivity index (χ3v) is 4.86. The van der Waals surface area contributed by atoms with E-state index in [0.717, 1.165) is 10.3 Å². The highest BCUT2D eigenvalue weighted by Crippen LogP contribution is 2.22. The number of aryl methyl sites for hydroxylation is 1. The Balaban J connectivity index is 1.49. The minimum absolute atomic E-state index is 0.0551. The summed E-state index contributed by atoms with van der Waals surface area (Å²) in [5, 5.41) is 8.17. The van der Waals surface area contributed by atoms with E-state index in [0.29, 0.717) is 42.9 Å². The number of nitrogens with zero attached hydrogens (tertiary/aromatic N) is 7. The van der Waals surface area contributed by atoms with Crippen LogP contribution in [0.2, 0.25) is 0 Å². The Morgan fingerprint density at radius 2 is 1.80 bits per heavy atom. The second-order valence-electron chi connectivity index (χ2n) is 5.87. The molecule has 0 atom stereocenters. The first kappa shape index (κ1) is 15.9. The van der Waals surface area contributed by atoms with E-state index in [2.05, 4.69) is 41.1 Å². The third-order valence-electron chi connectivity index (χ3n) is 4.33. The number of benzene rings is 1. The van der Waals surface area contributed by atoms with Crippen molar-refractivity contribution in [2.24, 2.45) is 7.05 Å². The lowest BCUT2D eigenvalue weighted by molar-refractivity contribution is 0.0746. The van der Waals surface area contributed by atoms with Gasteiger partial charge in [0.2, 0.25) is 0 Å². The molecule has 3 heterocycles. The maximum atomic E-state index is 12.6. The lowest BCUT2D eigenvalue weighted by atomic mass is 10.2. The number of hydrogen-bond acceptors (Lipinski definition) is 6. The van der Waals surface area contributed by atoms with Gasteiger partial charge in [0.25, 0.3) is 5.91 Å². The molecule has 1 aliphatic heterocycles. The van der Waals surface area contributed by atoms with Gasteiger partial charge in [-0.15, -0.1) is 5.10 Å². The topological polar surface area (TPSA) is 80.0 Å². The molecule has 25 heavy (non-hydrogen) atoms. The lowest BCUT2D eigenvalue weighted by Crippen LogP contribution is -2.49. The van der Waals surface area contributed by atoms with Gasteiger partial charge in [-0.3, -0.25) is 4.79 Å². The Bertz CT molecular complexity index is 916. The van der Waals surface area contributed by atoms with Crippen molar-refractivity contribution >= 4 is 38.8 Å². The summed E-state index contributed by atoms with van der Waals surface area (Å²) < 4.78 is 2.60. The second kappa shape index (κ2) is 6.40. The van der Waals surface area contributed by atoms with Crippen molar-refractivity contribution in [2.75, 3.05) is 31.1 Å². The van der Waals surface area contributed by atoms with Gasteiger partial charge >= 0.3 is 0 Å². The van der Waals surface area contributed by atoms with Crippen LogP contribution in [0, 0.1) is 0 Å².